The van der Waals surface area contributed by atoms with Crippen LogP contribution in [0.3, 0.4) is 0 Å². The number of rotatable bonds is 4. The molecule has 1 rings (SSSR count). The second kappa shape index (κ2) is 5.66. The molecule has 0 saturated heterocycles. The van der Waals surface area contributed by atoms with Gasteiger partial charge in [-0.15, -0.1) is 0 Å². The monoisotopic (exact) mass is 220 g/mol. The molecule has 1 aromatic rings. The van der Waals surface area contributed by atoms with Gasteiger partial charge in [-0.25, -0.2) is 0 Å². The van der Waals surface area contributed by atoms with E-state index in [1.54, 1.807) is 0 Å². The van der Waals surface area contributed by atoms with Crippen molar-refractivity contribution in [2.45, 2.75) is 20.8 Å². The largest absolute Gasteiger partial charge is 0.330 e. The molecule has 88 valence electrons. The quantitative estimate of drug-likeness (QED) is 0.817. The van der Waals surface area contributed by atoms with Crippen molar-refractivity contribution < 1.29 is 4.79 Å². The summed E-state index contributed by atoms with van der Waals surface area (Å²) >= 11 is 0. The van der Waals surface area contributed by atoms with Gasteiger partial charge in [0, 0.05) is 12.2 Å². The average Bonchev–Trinajstić information content (AvgIpc) is 2.17. The molecule has 0 aliphatic heterocycles. The Hall–Kier alpha value is -1.35. The first-order chi connectivity index (χ1) is 7.54. The maximum absolute atomic E-state index is 11.9. The van der Waals surface area contributed by atoms with Crippen molar-refractivity contribution in [2.24, 2.45) is 17.6 Å². The fourth-order valence-electron chi connectivity index (χ4n) is 1.64. The van der Waals surface area contributed by atoms with E-state index in [0.717, 1.165) is 11.3 Å². The lowest BCUT2D eigenvalue weighted by Gasteiger charge is -2.18. The van der Waals surface area contributed by atoms with Gasteiger partial charge in [0.25, 0.3) is 0 Å². The number of amides is 1. The van der Waals surface area contributed by atoms with Gasteiger partial charge in [-0.1, -0.05) is 26.0 Å². The van der Waals surface area contributed by atoms with Crippen molar-refractivity contribution in [1.29, 1.82) is 0 Å². The first kappa shape index (κ1) is 12.7. The molecule has 16 heavy (non-hydrogen) atoms. The molecule has 0 spiro atoms. The standard InChI is InChI=1S/C13H20N2O/c1-9(2)12(8-14)13(16)15-11-6-4-5-10(3)7-11/h4-7,9,12H,8,14H2,1-3H3,(H,15,16). The Kier molecular flexibility index (Phi) is 4.50. The Balaban J connectivity index is 2.70. The molecule has 1 amide bonds. The van der Waals surface area contributed by atoms with E-state index in [1.165, 1.54) is 0 Å². The van der Waals surface area contributed by atoms with Gasteiger partial charge >= 0.3 is 0 Å². The van der Waals surface area contributed by atoms with Gasteiger partial charge in [0.1, 0.15) is 0 Å². The SMILES string of the molecule is Cc1cccc(NC(=O)C(CN)C(C)C)c1. The Bertz CT molecular complexity index is 361. The smallest absolute Gasteiger partial charge is 0.229 e. The number of hydrogen-bond donors (Lipinski definition) is 2. The molecule has 0 aliphatic rings. The van der Waals surface area contributed by atoms with E-state index in [2.05, 4.69) is 5.32 Å². The van der Waals surface area contributed by atoms with Crippen molar-refractivity contribution >= 4 is 11.6 Å². The first-order valence-electron chi connectivity index (χ1n) is 5.62. The summed E-state index contributed by atoms with van der Waals surface area (Å²) in [5.41, 5.74) is 7.57. The molecule has 0 bridgehead atoms. The van der Waals surface area contributed by atoms with E-state index in [4.69, 9.17) is 5.73 Å². The fourth-order valence-corrected chi connectivity index (χ4v) is 1.64. The van der Waals surface area contributed by atoms with Crippen molar-refractivity contribution in [3.05, 3.63) is 29.8 Å². The predicted molar refractivity (Wildman–Crippen MR) is 67.2 cm³/mol. The number of carbonyl (C=O) groups excluding carboxylic acids is 1. The summed E-state index contributed by atoms with van der Waals surface area (Å²) in [5.74, 6) is 0.137. The van der Waals surface area contributed by atoms with Crippen LogP contribution in [-0.4, -0.2) is 12.5 Å². The van der Waals surface area contributed by atoms with Crippen molar-refractivity contribution in [1.82, 2.24) is 0 Å². The summed E-state index contributed by atoms with van der Waals surface area (Å²) in [6.07, 6.45) is 0. The second-order valence-electron chi connectivity index (χ2n) is 4.44. The molecule has 0 radical (unpaired) electrons. The van der Waals surface area contributed by atoms with E-state index in [0.29, 0.717) is 6.54 Å². The number of benzene rings is 1. The molecule has 1 atom stereocenters. The number of nitrogens with one attached hydrogen (secondary N) is 1. The molecule has 0 aliphatic carbocycles. The Morgan fingerprint density at radius 3 is 2.62 bits per heavy atom. The van der Waals surface area contributed by atoms with E-state index < -0.39 is 0 Å². The summed E-state index contributed by atoms with van der Waals surface area (Å²) < 4.78 is 0. The fraction of sp³-hybridized carbons (Fsp3) is 0.462. The number of carbonyl (C=O) groups is 1. The van der Waals surface area contributed by atoms with Crippen molar-refractivity contribution in [3.63, 3.8) is 0 Å². The minimum Gasteiger partial charge on any atom is -0.330 e. The van der Waals surface area contributed by atoms with Crippen LogP contribution >= 0.6 is 0 Å². The third kappa shape index (κ3) is 3.35. The summed E-state index contributed by atoms with van der Waals surface area (Å²) in [4.78, 5) is 11.9. The van der Waals surface area contributed by atoms with Crippen LogP contribution in [-0.2, 0) is 4.79 Å². The van der Waals surface area contributed by atoms with E-state index in [9.17, 15) is 4.79 Å². The topological polar surface area (TPSA) is 55.1 Å². The number of hydrogen-bond acceptors (Lipinski definition) is 2. The Morgan fingerprint density at radius 1 is 1.44 bits per heavy atom. The summed E-state index contributed by atoms with van der Waals surface area (Å²) in [6, 6.07) is 7.76. The lowest BCUT2D eigenvalue weighted by atomic mass is 9.95. The summed E-state index contributed by atoms with van der Waals surface area (Å²) in [5, 5.41) is 2.90. The maximum atomic E-state index is 11.9. The van der Waals surface area contributed by atoms with Gasteiger partial charge in [-0.05, 0) is 30.5 Å². The van der Waals surface area contributed by atoms with Crippen LogP contribution in [0.25, 0.3) is 0 Å². The van der Waals surface area contributed by atoms with E-state index in [-0.39, 0.29) is 17.7 Å². The molecular weight excluding hydrogens is 200 g/mol. The lowest BCUT2D eigenvalue weighted by molar-refractivity contribution is -0.120. The van der Waals surface area contributed by atoms with Crippen molar-refractivity contribution in [3.8, 4) is 0 Å². The van der Waals surface area contributed by atoms with E-state index >= 15 is 0 Å². The lowest BCUT2D eigenvalue weighted by Crippen LogP contribution is -2.33. The molecule has 3 nitrogen and oxygen atoms in total. The van der Waals surface area contributed by atoms with Gasteiger partial charge in [0.15, 0.2) is 0 Å². The van der Waals surface area contributed by atoms with Crippen LogP contribution in [0.5, 0.6) is 0 Å². The molecule has 0 aromatic heterocycles. The van der Waals surface area contributed by atoms with Gasteiger partial charge in [-0.3, -0.25) is 4.79 Å². The van der Waals surface area contributed by atoms with Crippen LogP contribution in [0.1, 0.15) is 19.4 Å². The number of nitrogens with two attached hydrogens (primary N) is 1. The third-order valence-electron chi connectivity index (χ3n) is 2.68. The summed E-state index contributed by atoms with van der Waals surface area (Å²) in [7, 11) is 0. The summed E-state index contributed by atoms with van der Waals surface area (Å²) in [6.45, 7) is 6.40. The molecule has 1 aromatic carbocycles. The van der Waals surface area contributed by atoms with Crippen molar-refractivity contribution in [2.75, 3.05) is 11.9 Å². The maximum Gasteiger partial charge on any atom is 0.229 e. The highest BCUT2D eigenvalue weighted by atomic mass is 16.1. The molecule has 0 fully saturated rings. The molecular formula is C13H20N2O. The van der Waals surface area contributed by atoms with Crippen LogP contribution in [0.4, 0.5) is 5.69 Å². The number of aryl methyl sites for hydroxylation is 1. The molecule has 1 unspecified atom stereocenters. The minimum atomic E-state index is -0.125. The minimum absolute atomic E-state index is 0.00287. The van der Waals surface area contributed by atoms with Gasteiger partial charge in [0.05, 0.1) is 5.92 Å². The Morgan fingerprint density at radius 2 is 2.12 bits per heavy atom. The highest BCUT2D eigenvalue weighted by Gasteiger charge is 2.20. The first-order valence-corrected chi connectivity index (χ1v) is 5.62. The van der Waals surface area contributed by atoms with Crippen LogP contribution in [0.2, 0.25) is 0 Å². The van der Waals surface area contributed by atoms with Crippen LogP contribution < -0.4 is 11.1 Å². The second-order valence-corrected chi connectivity index (χ2v) is 4.44. The zero-order chi connectivity index (χ0) is 12.1. The van der Waals surface area contributed by atoms with Gasteiger partial charge in [0.2, 0.25) is 5.91 Å². The van der Waals surface area contributed by atoms with E-state index in [1.807, 2.05) is 45.0 Å². The normalized spacial score (nSPS) is 12.6. The Labute approximate surface area is 97.0 Å². The van der Waals surface area contributed by atoms with Crippen LogP contribution in [0, 0.1) is 18.8 Å². The molecule has 3 N–H and O–H groups in total. The predicted octanol–water partition coefficient (Wildman–Crippen LogP) is 2.16. The highest BCUT2D eigenvalue weighted by molar-refractivity contribution is 5.92. The van der Waals surface area contributed by atoms with Crippen LogP contribution in [0.15, 0.2) is 24.3 Å². The number of anilines is 1. The highest BCUT2D eigenvalue weighted by Crippen LogP contribution is 2.14. The third-order valence-corrected chi connectivity index (χ3v) is 2.68. The average molecular weight is 220 g/mol. The zero-order valence-electron chi connectivity index (χ0n) is 10.2. The zero-order valence-corrected chi connectivity index (χ0v) is 10.2. The van der Waals surface area contributed by atoms with Gasteiger partial charge in [-0.2, -0.15) is 0 Å². The molecule has 0 saturated carbocycles. The molecule has 3 heteroatoms. The molecule has 0 heterocycles. The van der Waals surface area contributed by atoms with Gasteiger partial charge < -0.3 is 11.1 Å².